The Morgan fingerprint density at radius 1 is 1.70 bits per heavy atom. The first-order valence-corrected chi connectivity index (χ1v) is 3.54. The molecule has 1 unspecified atom stereocenters. The Balaban J connectivity index is 2.71. The maximum Gasteiger partial charge on any atom is 0.137 e. The van der Waals surface area contributed by atoms with Crippen molar-refractivity contribution in [3.05, 3.63) is 0 Å². The molecule has 0 spiro atoms. The molecule has 1 fully saturated rings. The van der Waals surface area contributed by atoms with Crippen LogP contribution in [0.5, 0.6) is 0 Å². The summed E-state index contributed by atoms with van der Waals surface area (Å²) in [4.78, 5) is 11.0. The first-order valence-electron chi connectivity index (χ1n) is 3.54. The number of carbonyl (C=O) groups is 1. The van der Waals surface area contributed by atoms with Crippen molar-refractivity contribution in [3.8, 4) is 6.07 Å². The highest BCUT2D eigenvalue weighted by Crippen LogP contribution is 2.52. The van der Waals surface area contributed by atoms with Gasteiger partial charge in [-0.05, 0) is 26.7 Å². The Labute approximate surface area is 60.8 Å². The highest BCUT2D eigenvalue weighted by Gasteiger charge is 2.51. The summed E-state index contributed by atoms with van der Waals surface area (Å²) >= 11 is 0. The lowest BCUT2D eigenvalue weighted by Crippen LogP contribution is -2.19. The lowest BCUT2D eigenvalue weighted by atomic mass is 9.88. The molecular weight excluding hydrogens is 126 g/mol. The Morgan fingerprint density at radius 3 is 2.30 bits per heavy atom. The fourth-order valence-corrected chi connectivity index (χ4v) is 1.35. The highest BCUT2D eigenvalue weighted by atomic mass is 16.1. The monoisotopic (exact) mass is 137 g/mol. The van der Waals surface area contributed by atoms with E-state index < -0.39 is 0 Å². The molecule has 0 aliphatic heterocycles. The van der Waals surface area contributed by atoms with Gasteiger partial charge in [-0.1, -0.05) is 0 Å². The van der Waals surface area contributed by atoms with Crippen LogP contribution in [0.15, 0.2) is 0 Å². The van der Waals surface area contributed by atoms with Crippen molar-refractivity contribution in [1.29, 1.82) is 5.26 Å². The summed E-state index contributed by atoms with van der Waals surface area (Å²) in [6.45, 7) is 3.41. The van der Waals surface area contributed by atoms with E-state index in [0.717, 1.165) is 12.8 Å². The SMILES string of the molecule is CC(=O)C1(C(C)C#N)CC1. The Bertz CT molecular complexity index is 198. The van der Waals surface area contributed by atoms with E-state index in [4.69, 9.17) is 5.26 Å². The molecule has 2 nitrogen and oxygen atoms in total. The molecule has 54 valence electrons. The summed E-state index contributed by atoms with van der Waals surface area (Å²) in [6.07, 6.45) is 1.83. The smallest absolute Gasteiger partial charge is 0.137 e. The van der Waals surface area contributed by atoms with Gasteiger partial charge in [0.2, 0.25) is 0 Å². The molecule has 1 aliphatic rings. The highest BCUT2D eigenvalue weighted by molar-refractivity contribution is 5.85. The van der Waals surface area contributed by atoms with Gasteiger partial charge in [0.1, 0.15) is 5.78 Å². The van der Waals surface area contributed by atoms with Gasteiger partial charge in [0, 0.05) is 5.41 Å². The molecule has 0 amide bonds. The normalized spacial score (nSPS) is 22.9. The molecule has 1 saturated carbocycles. The Morgan fingerprint density at radius 2 is 2.20 bits per heavy atom. The topological polar surface area (TPSA) is 40.9 Å². The maximum atomic E-state index is 11.0. The van der Waals surface area contributed by atoms with Crippen LogP contribution in [-0.4, -0.2) is 5.78 Å². The average Bonchev–Trinajstić information content (AvgIpc) is 2.65. The van der Waals surface area contributed by atoms with Crippen LogP contribution in [0.25, 0.3) is 0 Å². The number of Topliss-reactive ketones (excluding diaryl/α,β-unsaturated/α-hetero) is 1. The van der Waals surface area contributed by atoms with E-state index in [-0.39, 0.29) is 17.1 Å². The molecule has 0 aromatic carbocycles. The van der Waals surface area contributed by atoms with Crippen LogP contribution >= 0.6 is 0 Å². The van der Waals surface area contributed by atoms with Crippen molar-refractivity contribution in [1.82, 2.24) is 0 Å². The van der Waals surface area contributed by atoms with Crippen LogP contribution in [0.4, 0.5) is 0 Å². The zero-order valence-corrected chi connectivity index (χ0v) is 6.35. The molecule has 0 aromatic heterocycles. The van der Waals surface area contributed by atoms with E-state index >= 15 is 0 Å². The molecule has 0 heterocycles. The number of nitriles is 1. The van der Waals surface area contributed by atoms with E-state index in [0.29, 0.717) is 0 Å². The third-order valence-electron chi connectivity index (χ3n) is 2.51. The summed E-state index contributed by atoms with van der Waals surface area (Å²) in [5, 5.41) is 8.56. The second-order valence-corrected chi connectivity index (χ2v) is 3.06. The molecule has 0 aromatic rings. The molecule has 1 rings (SSSR count). The van der Waals surface area contributed by atoms with E-state index in [1.807, 2.05) is 6.92 Å². The largest absolute Gasteiger partial charge is 0.299 e. The predicted molar refractivity (Wildman–Crippen MR) is 37.1 cm³/mol. The number of ketones is 1. The third-order valence-corrected chi connectivity index (χ3v) is 2.51. The molecule has 0 saturated heterocycles. The summed E-state index contributed by atoms with van der Waals surface area (Å²) in [7, 11) is 0. The van der Waals surface area contributed by atoms with Crippen LogP contribution in [-0.2, 0) is 4.79 Å². The van der Waals surface area contributed by atoms with Crippen LogP contribution in [0, 0.1) is 22.7 Å². The van der Waals surface area contributed by atoms with Crippen molar-refractivity contribution in [2.75, 3.05) is 0 Å². The molecule has 10 heavy (non-hydrogen) atoms. The Hall–Kier alpha value is -0.840. The maximum absolute atomic E-state index is 11.0. The molecule has 0 bridgehead atoms. The lowest BCUT2D eigenvalue weighted by Gasteiger charge is -2.11. The quantitative estimate of drug-likeness (QED) is 0.579. The molecule has 1 atom stereocenters. The van der Waals surface area contributed by atoms with Gasteiger partial charge in [0.15, 0.2) is 0 Å². The van der Waals surface area contributed by atoms with Crippen LogP contribution < -0.4 is 0 Å². The van der Waals surface area contributed by atoms with Crippen molar-refractivity contribution in [2.24, 2.45) is 11.3 Å². The van der Waals surface area contributed by atoms with Gasteiger partial charge in [0.25, 0.3) is 0 Å². The standard InChI is InChI=1S/C8H11NO/c1-6(5-9)8(3-4-8)7(2)10/h6H,3-4H2,1-2H3. The van der Waals surface area contributed by atoms with Crippen LogP contribution in [0.2, 0.25) is 0 Å². The summed E-state index contributed by atoms with van der Waals surface area (Å²) < 4.78 is 0. The van der Waals surface area contributed by atoms with Gasteiger partial charge in [-0.2, -0.15) is 5.26 Å². The minimum atomic E-state index is -0.241. The van der Waals surface area contributed by atoms with E-state index in [9.17, 15) is 4.79 Å². The minimum absolute atomic E-state index is 0.0926. The van der Waals surface area contributed by atoms with Gasteiger partial charge in [-0.25, -0.2) is 0 Å². The zero-order chi connectivity index (χ0) is 7.78. The van der Waals surface area contributed by atoms with Gasteiger partial charge in [-0.3, -0.25) is 4.79 Å². The fourth-order valence-electron chi connectivity index (χ4n) is 1.35. The second-order valence-electron chi connectivity index (χ2n) is 3.06. The summed E-state index contributed by atoms with van der Waals surface area (Å²) in [5.41, 5.74) is -0.241. The second kappa shape index (κ2) is 2.09. The van der Waals surface area contributed by atoms with Gasteiger partial charge in [0.05, 0.1) is 12.0 Å². The number of nitrogens with zero attached hydrogens (tertiary/aromatic N) is 1. The van der Waals surface area contributed by atoms with Crippen LogP contribution in [0.1, 0.15) is 26.7 Å². The molecular formula is C8H11NO. The third kappa shape index (κ3) is 0.824. The zero-order valence-electron chi connectivity index (χ0n) is 6.35. The van der Waals surface area contributed by atoms with E-state index in [2.05, 4.69) is 6.07 Å². The summed E-state index contributed by atoms with van der Waals surface area (Å²) in [6, 6.07) is 2.13. The summed E-state index contributed by atoms with van der Waals surface area (Å²) in [5.74, 6) is 0.0894. The van der Waals surface area contributed by atoms with Gasteiger partial charge < -0.3 is 0 Å². The first kappa shape index (κ1) is 7.27. The minimum Gasteiger partial charge on any atom is -0.299 e. The predicted octanol–water partition coefficient (Wildman–Crippen LogP) is 1.52. The van der Waals surface area contributed by atoms with Gasteiger partial charge >= 0.3 is 0 Å². The van der Waals surface area contributed by atoms with Crippen molar-refractivity contribution >= 4 is 5.78 Å². The van der Waals surface area contributed by atoms with Gasteiger partial charge in [-0.15, -0.1) is 0 Å². The van der Waals surface area contributed by atoms with Crippen LogP contribution in [0.3, 0.4) is 0 Å². The average molecular weight is 137 g/mol. The van der Waals surface area contributed by atoms with E-state index in [1.165, 1.54) is 0 Å². The van der Waals surface area contributed by atoms with E-state index in [1.54, 1.807) is 6.92 Å². The molecule has 1 aliphatic carbocycles. The number of carbonyl (C=O) groups excluding carboxylic acids is 1. The number of hydrogen-bond acceptors (Lipinski definition) is 2. The lowest BCUT2D eigenvalue weighted by molar-refractivity contribution is -0.123. The van der Waals surface area contributed by atoms with Crippen molar-refractivity contribution in [2.45, 2.75) is 26.7 Å². The van der Waals surface area contributed by atoms with Crippen molar-refractivity contribution < 1.29 is 4.79 Å². The molecule has 0 N–H and O–H groups in total. The molecule has 0 radical (unpaired) electrons. The Kier molecular flexibility index (Phi) is 1.52. The molecule has 2 heteroatoms. The number of hydrogen-bond donors (Lipinski definition) is 0. The number of rotatable bonds is 2. The first-order chi connectivity index (χ1) is 4.63. The fraction of sp³-hybridized carbons (Fsp3) is 0.750. The van der Waals surface area contributed by atoms with Crippen molar-refractivity contribution in [3.63, 3.8) is 0 Å².